The van der Waals surface area contributed by atoms with E-state index in [1.165, 1.54) is 14.0 Å². The molecule has 5 nitrogen and oxygen atoms in total. The zero-order valence-electron chi connectivity index (χ0n) is 9.12. The Morgan fingerprint density at radius 1 is 1.64 bits per heavy atom. The van der Waals surface area contributed by atoms with E-state index in [9.17, 15) is 9.90 Å². The fraction of sp³-hybridized carbons (Fsp3) is 0.889. The van der Waals surface area contributed by atoms with Gasteiger partial charge < -0.3 is 20.5 Å². The summed E-state index contributed by atoms with van der Waals surface area (Å²) >= 11 is 0. The fourth-order valence-corrected chi connectivity index (χ4v) is 1.25. The molecule has 0 aliphatic rings. The van der Waals surface area contributed by atoms with Gasteiger partial charge in [-0.3, -0.25) is 0 Å². The van der Waals surface area contributed by atoms with E-state index in [0.29, 0.717) is 6.54 Å². The number of hydrogen-bond donors (Lipinski definition) is 2. The van der Waals surface area contributed by atoms with Gasteiger partial charge in [0.25, 0.3) is 0 Å². The van der Waals surface area contributed by atoms with Crippen molar-refractivity contribution in [3.63, 3.8) is 0 Å². The van der Waals surface area contributed by atoms with E-state index in [1.807, 2.05) is 11.9 Å². The molecule has 0 saturated heterocycles. The number of likely N-dealkylation sites (N-methyl/N-ethyl adjacent to an activating group) is 1. The molecule has 0 aromatic rings. The van der Waals surface area contributed by atoms with Crippen LogP contribution >= 0.6 is 0 Å². The van der Waals surface area contributed by atoms with Crippen LogP contribution in [0.2, 0.25) is 0 Å². The van der Waals surface area contributed by atoms with Gasteiger partial charge in [-0.15, -0.1) is 0 Å². The molecule has 0 aromatic carbocycles. The number of nitrogens with zero attached hydrogens (tertiary/aromatic N) is 1. The summed E-state index contributed by atoms with van der Waals surface area (Å²) in [7, 11) is 3.09. The van der Waals surface area contributed by atoms with Crippen LogP contribution in [0.5, 0.6) is 0 Å². The zero-order valence-corrected chi connectivity index (χ0v) is 9.12. The SMILES string of the molecule is COC(=O)C(C)(O)CN(C)CCCN. The Kier molecular flexibility index (Phi) is 5.68. The van der Waals surface area contributed by atoms with Crippen LogP contribution in [0.25, 0.3) is 0 Å². The van der Waals surface area contributed by atoms with E-state index in [4.69, 9.17) is 5.73 Å². The van der Waals surface area contributed by atoms with Crippen LogP contribution in [-0.4, -0.2) is 55.4 Å². The lowest BCUT2D eigenvalue weighted by atomic mass is 10.1. The average Bonchev–Trinajstić information content (AvgIpc) is 2.12. The van der Waals surface area contributed by atoms with Gasteiger partial charge in [0.2, 0.25) is 0 Å². The summed E-state index contributed by atoms with van der Waals surface area (Å²) in [5.41, 5.74) is 3.90. The monoisotopic (exact) mass is 204 g/mol. The van der Waals surface area contributed by atoms with Crippen molar-refractivity contribution in [3.05, 3.63) is 0 Å². The molecule has 14 heavy (non-hydrogen) atoms. The van der Waals surface area contributed by atoms with Crippen LogP contribution in [-0.2, 0) is 9.53 Å². The quantitative estimate of drug-likeness (QED) is 0.553. The molecule has 0 amide bonds. The van der Waals surface area contributed by atoms with E-state index in [2.05, 4.69) is 4.74 Å². The van der Waals surface area contributed by atoms with Crippen molar-refractivity contribution in [2.75, 3.05) is 33.8 Å². The molecule has 5 heteroatoms. The minimum atomic E-state index is -1.45. The summed E-state index contributed by atoms with van der Waals surface area (Å²) in [6.07, 6.45) is 0.841. The predicted octanol–water partition coefficient (Wildman–Crippen LogP) is -0.809. The second-order valence-corrected chi connectivity index (χ2v) is 3.65. The lowest BCUT2D eigenvalue weighted by Gasteiger charge is -2.26. The lowest BCUT2D eigenvalue weighted by molar-refractivity contribution is -0.162. The zero-order chi connectivity index (χ0) is 11.2. The highest BCUT2D eigenvalue weighted by molar-refractivity contribution is 5.78. The highest BCUT2D eigenvalue weighted by Crippen LogP contribution is 2.07. The first-order valence-electron chi connectivity index (χ1n) is 4.63. The highest BCUT2D eigenvalue weighted by atomic mass is 16.5. The Bertz CT molecular complexity index is 183. The summed E-state index contributed by atoms with van der Waals surface area (Å²) in [5, 5.41) is 9.71. The smallest absolute Gasteiger partial charge is 0.338 e. The van der Waals surface area contributed by atoms with Crippen molar-refractivity contribution in [2.45, 2.75) is 18.9 Å². The molecule has 0 aliphatic carbocycles. The molecule has 0 heterocycles. The number of aliphatic hydroxyl groups is 1. The van der Waals surface area contributed by atoms with Crippen molar-refractivity contribution >= 4 is 5.97 Å². The predicted molar refractivity (Wildman–Crippen MR) is 53.8 cm³/mol. The first kappa shape index (κ1) is 13.4. The van der Waals surface area contributed by atoms with Crippen LogP contribution < -0.4 is 5.73 Å². The van der Waals surface area contributed by atoms with Crippen LogP contribution in [0.4, 0.5) is 0 Å². The molecule has 0 aliphatic heterocycles. The molecule has 1 unspecified atom stereocenters. The van der Waals surface area contributed by atoms with E-state index in [1.54, 1.807) is 0 Å². The molecule has 3 N–H and O–H groups in total. The molecule has 0 bridgehead atoms. The number of carbonyl (C=O) groups is 1. The minimum absolute atomic E-state index is 0.250. The van der Waals surface area contributed by atoms with E-state index in [-0.39, 0.29) is 6.54 Å². The second-order valence-electron chi connectivity index (χ2n) is 3.65. The van der Waals surface area contributed by atoms with Crippen LogP contribution in [0.1, 0.15) is 13.3 Å². The summed E-state index contributed by atoms with van der Waals surface area (Å²) in [6, 6.07) is 0. The van der Waals surface area contributed by atoms with Gasteiger partial charge in [-0.1, -0.05) is 0 Å². The van der Waals surface area contributed by atoms with E-state index >= 15 is 0 Å². The average molecular weight is 204 g/mol. The lowest BCUT2D eigenvalue weighted by Crippen LogP contribution is -2.46. The summed E-state index contributed by atoms with van der Waals surface area (Å²) in [5.74, 6) is -0.614. The molecule has 0 spiro atoms. The summed E-state index contributed by atoms with van der Waals surface area (Å²) < 4.78 is 4.48. The number of esters is 1. The Hall–Kier alpha value is -0.650. The number of carbonyl (C=O) groups excluding carboxylic acids is 1. The van der Waals surface area contributed by atoms with Crippen molar-refractivity contribution < 1.29 is 14.6 Å². The van der Waals surface area contributed by atoms with Gasteiger partial charge in [0.15, 0.2) is 5.60 Å². The maximum Gasteiger partial charge on any atom is 0.338 e. The van der Waals surface area contributed by atoms with Crippen molar-refractivity contribution in [1.29, 1.82) is 0 Å². The molecule has 1 atom stereocenters. The van der Waals surface area contributed by atoms with Crippen molar-refractivity contribution in [2.24, 2.45) is 5.73 Å². The molecular weight excluding hydrogens is 184 g/mol. The number of hydrogen-bond acceptors (Lipinski definition) is 5. The van der Waals surface area contributed by atoms with E-state index in [0.717, 1.165) is 13.0 Å². The first-order valence-corrected chi connectivity index (χ1v) is 4.63. The molecule has 0 radical (unpaired) electrons. The number of nitrogens with two attached hydrogens (primary N) is 1. The topological polar surface area (TPSA) is 75.8 Å². The van der Waals surface area contributed by atoms with Gasteiger partial charge in [-0.2, -0.15) is 0 Å². The third kappa shape index (κ3) is 4.55. The van der Waals surface area contributed by atoms with Gasteiger partial charge in [0.05, 0.1) is 7.11 Å². The van der Waals surface area contributed by atoms with E-state index < -0.39 is 11.6 Å². The highest BCUT2D eigenvalue weighted by Gasteiger charge is 2.32. The summed E-state index contributed by atoms with van der Waals surface area (Å²) in [4.78, 5) is 13.0. The second kappa shape index (κ2) is 5.95. The Morgan fingerprint density at radius 2 is 2.21 bits per heavy atom. The summed E-state index contributed by atoms with van der Waals surface area (Å²) in [6.45, 7) is 3.05. The molecular formula is C9H20N2O3. The van der Waals surface area contributed by atoms with Crippen molar-refractivity contribution in [1.82, 2.24) is 4.90 Å². The number of methoxy groups -OCH3 is 1. The first-order chi connectivity index (χ1) is 6.44. The van der Waals surface area contributed by atoms with Gasteiger partial charge in [0, 0.05) is 6.54 Å². The van der Waals surface area contributed by atoms with Crippen LogP contribution in [0.3, 0.4) is 0 Å². The molecule has 0 rings (SSSR count). The maximum atomic E-state index is 11.1. The minimum Gasteiger partial charge on any atom is -0.467 e. The van der Waals surface area contributed by atoms with Crippen LogP contribution in [0.15, 0.2) is 0 Å². The Morgan fingerprint density at radius 3 is 2.64 bits per heavy atom. The molecule has 0 aromatic heterocycles. The number of ether oxygens (including phenoxy) is 1. The maximum absolute atomic E-state index is 11.1. The van der Waals surface area contributed by atoms with Gasteiger partial charge in [-0.05, 0) is 33.5 Å². The van der Waals surface area contributed by atoms with Gasteiger partial charge >= 0.3 is 5.97 Å². The standard InChI is InChI=1S/C9H20N2O3/c1-9(13,8(12)14-3)7-11(2)6-4-5-10/h13H,4-7,10H2,1-3H3. The Balaban J connectivity index is 4.01. The van der Waals surface area contributed by atoms with Gasteiger partial charge in [-0.25, -0.2) is 4.79 Å². The normalized spacial score (nSPS) is 15.3. The Labute approximate surface area is 84.8 Å². The molecule has 0 saturated carbocycles. The fourth-order valence-electron chi connectivity index (χ4n) is 1.25. The van der Waals surface area contributed by atoms with Crippen molar-refractivity contribution in [3.8, 4) is 0 Å². The molecule has 84 valence electrons. The molecule has 0 fully saturated rings. The number of rotatable bonds is 6. The third-order valence-electron chi connectivity index (χ3n) is 1.95. The third-order valence-corrected chi connectivity index (χ3v) is 1.95. The van der Waals surface area contributed by atoms with Crippen LogP contribution in [0, 0.1) is 0 Å². The largest absolute Gasteiger partial charge is 0.467 e. The van der Waals surface area contributed by atoms with Gasteiger partial charge in [0.1, 0.15) is 0 Å².